The molecule has 0 amide bonds. The number of hydrogen-bond donors (Lipinski definition) is 1. The number of rotatable bonds is 10. The number of Topliss-reactive ketones (excluding diaryl/α,β-unsaturated/α-hetero) is 1. The van der Waals surface area contributed by atoms with Gasteiger partial charge in [-0.05, 0) is 61.6 Å². The fourth-order valence-corrected chi connectivity index (χ4v) is 5.75. The molecule has 1 atom stereocenters. The van der Waals surface area contributed by atoms with Crippen LogP contribution in [-0.4, -0.2) is 49.1 Å². The van der Waals surface area contributed by atoms with Crippen molar-refractivity contribution in [3.63, 3.8) is 0 Å². The monoisotopic (exact) mass is 540 g/mol. The van der Waals surface area contributed by atoms with Gasteiger partial charge in [0, 0.05) is 24.2 Å². The van der Waals surface area contributed by atoms with Crippen molar-refractivity contribution < 1.29 is 22.3 Å². The number of anilines is 2. The number of pyridine rings is 2. The average molecular weight is 541 g/mol. The average Bonchev–Trinajstić information content (AvgIpc) is 3.35. The van der Waals surface area contributed by atoms with Crippen molar-refractivity contribution in [2.24, 2.45) is 5.92 Å². The van der Waals surface area contributed by atoms with E-state index in [0.29, 0.717) is 36.0 Å². The van der Waals surface area contributed by atoms with Gasteiger partial charge in [-0.25, -0.2) is 22.8 Å². The molecule has 0 saturated carbocycles. The predicted molar refractivity (Wildman–Crippen MR) is 146 cm³/mol. The molecule has 10 heteroatoms. The molecule has 3 aromatic rings. The highest BCUT2D eigenvalue weighted by Crippen LogP contribution is 2.33. The van der Waals surface area contributed by atoms with Crippen LogP contribution in [0.15, 0.2) is 53.6 Å². The van der Waals surface area contributed by atoms with Gasteiger partial charge in [0.15, 0.2) is 10.8 Å². The van der Waals surface area contributed by atoms with Crippen LogP contribution in [0.4, 0.5) is 16.0 Å². The highest BCUT2D eigenvalue weighted by Gasteiger charge is 2.30. The Morgan fingerprint density at radius 2 is 1.97 bits per heavy atom. The Labute approximate surface area is 223 Å². The number of nitrogens with zero attached hydrogens (tertiary/aromatic N) is 3. The molecule has 0 spiro atoms. The van der Waals surface area contributed by atoms with Crippen LogP contribution in [0.2, 0.25) is 0 Å². The van der Waals surface area contributed by atoms with E-state index in [1.165, 1.54) is 30.3 Å². The maximum absolute atomic E-state index is 14.5. The molecule has 2 aromatic heterocycles. The molecule has 0 radical (unpaired) electrons. The molecule has 4 rings (SSSR count). The molecule has 8 nitrogen and oxygen atoms in total. The minimum absolute atomic E-state index is 0.0555. The summed E-state index contributed by atoms with van der Waals surface area (Å²) < 4.78 is 46.1. The molecule has 3 heterocycles. The molecule has 1 fully saturated rings. The summed E-state index contributed by atoms with van der Waals surface area (Å²) in [6.07, 6.45) is 2.71. The molecule has 1 saturated heterocycles. The van der Waals surface area contributed by atoms with E-state index in [2.05, 4.69) is 16.8 Å². The standard InChI is InChI=1S/C28H33FN4O4S/c1-4-21-7-6-12-33(21)28-23(25(34)17-38(35,36)27-9-5-8-26(30)32-27)10-11-24(31-28)19-13-20(29)15-22(14-19)37-16-18(2)3/h5,8-11,13-15,18,21H,4,6-7,12,16-17H2,1-3H3,(H2,30,32). The Morgan fingerprint density at radius 1 is 1.18 bits per heavy atom. The highest BCUT2D eigenvalue weighted by atomic mass is 32.2. The normalized spacial score (nSPS) is 15.7. The summed E-state index contributed by atoms with van der Waals surface area (Å²) in [6.45, 7) is 7.21. The molecule has 1 aliphatic rings. The van der Waals surface area contributed by atoms with Crippen molar-refractivity contribution >= 4 is 27.3 Å². The van der Waals surface area contributed by atoms with Crippen LogP contribution in [0, 0.1) is 11.7 Å². The van der Waals surface area contributed by atoms with Gasteiger partial charge in [0.25, 0.3) is 0 Å². The number of ketones is 1. The number of nitrogens with two attached hydrogens (primary N) is 1. The first kappa shape index (κ1) is 27.5. The summed E-state index contributed by atoms with van der Waals surface area (Å²) in [5.41, 5.74) is 6.82. The minimum Gasteiger partial charge on any atom is -0.493 e. The van der Waals surface area contributed by atoms with E-state index in [1.54, 1.807) is 18.2 Å². The number of nitrogen functional groups attached to an aromatic ring is 1. The third-order valence-corrected chi connectivity index (χ3v) is 7.94. The Hall–Kier alpha value is -3.53. The topological polar surface area (TPSA) is 115 Å². The van der Waals surface area contributed by atoms with Gasteiger partial charge >= 0.3 is 0 Å². The van der Waals surface area contributed by atoms with E-state index < -0.39 is 27.2 Å². The second-order valence-electron chi connectivity index (χ2n) is 9.93. The molecule has 202 valence electrons. The van der Waals surface area contributed by atoms with Gasteiger partial charge in [-0.1, -0.05) is 26.8 Å². The van der Waals surface area contributed by atoms with Gasteiger partial charge in [0.05, 0.1) is 17.9 Å². The minimum atomic E-state index is -4.03. The highest BCUT2D eigenvalue weighted by molar-refractivity contribution is 7.92. The van der Waals surface area contributed by atoms with Gasteiger partial charge in [-0.2, -0.15) is 0 Å². The van der Waals surface area contributed by atoms with Crippen LogP contribution >= 0.6 is 0 Å². The van der Waals surface area contributed by atoms with Gasteiger partial charge < -0.3 is 15.4 Å². The summed E-state index contributed by atoms with van der Waals surface area (Å²) in [7, 11) is -4.03. The van der Waals surface area contributed by atoms with Crippen LogP contribution in [-0.2, 0) is 9.84 Å². The van der Waals surface area contributed by atoms with E-state index in [4.69, 9.17) is 15.5 Å². The Bertz CT molecular complexity index is 1430. The van der Waals surface area contributed by atoms with Crippen molar-refractivity contribution in [3.8, 4) is 17.0 Å². The van der Waals surface area contributed by atoms with Crippen LogP contribution in [0.3, 0.4) is 0 Å². The van der Waals surface area contributed by atoms with Crippen LogP contribution in [0.1, 0.15) is 50.4 Å². The summed E-state index contributed by atoms with van der Waals surface area (Å²) >= 11 is 0. The van der Waals surface area contributed by atoms with Crippen molar-refractivity contribution in [2.75, 3.05) is 29.5 Å². The second kappa shape index (κ2) is 11.5. The van der Waals surface area contributed by atoms with Gasteiger partial charge in [-0.15, -0.1) is 0 Å². The first-order valence-corrected chi connectivity index (χ1v) is 14.4. The molecular weight excluding hydrogens is 507 g/mol. The van der Waals surface area contributed by atoms with Crippen LogP contribution in [0.5, 0.6) is 5.75 Å². The van der Waals surface area contributed by atoms with E-state index in [1.807, 2.05) is 13.8 Å². The number of hydrogen-bond acceptors (Lipinski definition) is 8. The maximum atomic E-state index is 14.5. The van der Waals surface area contributed by atoms with Gasteiger partial charge in [0.2, 0.25) is 9.84 Å². The summed E-state index contributed by atoms with van der Waals surface area (Å²) in [4.78, 5) is 24.1. The molecule has 1 aliphatic heterocycles. The number of ether oxygens (including phenoxy) is 1. The van der Waals surface area contributed by atoms with Crippen LogP contribution < -0.4 is 15.4 Å². The number of sulfone groups is 1. The smallest absolute Gasteiger partial charge is 0.203 e. The fraction of sp³-hybridized carbons (Fsp3) is 0.393. The number of carbonyl (C=O) groups is 1. The molecule has 1 unspecified atom stereocenters. The van der Waals surface area contributed by atoms with E-state index in [-0.39, 0.29) is 28.4 Å². The lowest BCUT2D eigenvalue weighted by Crippen LogP contribution is -2.31. The largest absolute Gasteiger partial charge is 0.493 e. The summed E-state index contributed by atoms with van der Waals surface area (Å²) in [5.74, 6) is -0.693. The molecule has 0 bridgehead atoms. The van der Waals surface area contributed by atoms with Crippen molar-refractivity contribution in [3.05, 3.63) is 59.9 Å². The lowest BCUT2D eigenvalue weighted by molar-refractivity contribution is 0.102. The third-order valence-electron chi connectivity index (χ3n) is 6.43. The van der Waals surface area contributed by atoms with E-state index >= 15 is 0 Å². The first-order chi connectivity index (χ1) is 18.1. The van der Waals surface area contributed by atoms with Crippen LogP contribution in [0.25, 0.3) is 11.3 Å². The van der Waals surface area contributed by atoms with E-state index in [9.17, 15) is 17.6 Å². The quantitative estimate of drug-likeness (QED) is 0.360. The predicted octanol–water partition coefficient (Wildman–Crippen LogP) is 4.94. The lowest BCUT2D eigenvalue weighted by atomic mass is 10.1. The molecule has 38 heavy (non-hydrogen) atoms. The van der Waals surface area contributed by atoms with E-state index in [0.717, 1.165) is 19.3 Å². The number of benzene rings is 1. The zero-order chi connectivity index (χ0) is 27.4. The second-order valence-corrected chi connectivity index (χ2v) is 11.9. The molecule has 1 aromatic carbocycles. The van der Waals surface area contributed by atoms with Gasteiger partial charge in [-0.3, -0.25) is 4.79 Å². The number of aromatic nitrogens is 2. The first-order valence-electron chi connectivity index (χ1n) is 12.8. The third kappa shape index (κ3) is 6.30. The fourth-order valence-electron chi connectivity index (χ4n) is 4.57. The van der Waals surface area contributed by atoms with Crippen molar-refractivity contribution in [1.82, 2.24) is 9.97 Å². The zero-order valence-corrected chi connectivity index (χ0v) is 22.7. The zero-order valence-electron chi connectivity index (χ0n) is 21.9. The maximum Gasteiger partial charge on any atom is 0.203 e. The summed E-state index contributed by atoms with van der Waals surface area (Å²) in [6, 6.07) is 12.0. The van der Waals surface area contributed by atoms with Crippen molar-refractivity contribution in [2.45, 2.75) is 51.1 Å². The summed E-state index contributed by atoms with van der Waals surface area (Å²) in [5, 5.41) is -0.252. The SMILES string of the molecule is CCC1CCCN1c1nc(-c2cc(F)cc(OCC(C)C)c2)ccc1C(=O)CS(=O)(=O)c1cccc(N)n1. The molecule has 0 aliphatic carbocycles. The molecular formula is C28H33FN4O4S. The number of carbonyl (C=O) groups excluding carboxylic acids is 1. The Balaban J connectivity index is 1.73. The number of halogens is 1. The van der Waals surface area contributed by atoms with Gasteiger partial charge in [0.1, 0.15) is 29.0 Å². The Morgan fingerprint density at radius 3 is 2.68 bits per heavy atom. The Kier molecular flexibility index (Phi) is 8.30. The van der Waals surface area contributed by atoms with Crippen molar-refractivity contribution in [1.29, 1.82) is 0 Å². The lowest BCUT2D eigenvalue weighted by Gasteiger charge is -2.27. The molecule has 2 N–H and O–H groups in total.